The molecular formula is C30H33N5O3S. The van der Waals surface area contributed by atoms with E-state index in [0.717, 1.165) is 48.4 Å². The largest absolute Gasteiger partial charge is 0.463 e. The standard InChI is InChI=1S/C30H33N5O3S/c1-5-35-12-11-24-22(16-35)13-21(14-31)29(34-24)39-17-25-27(30(36)37-6-2)26(23(15-32)28(33)38-25)20-9-7-19(8-10-20)18(3)4/h7-10,13,18,26H,5-6,11-12,16-17,33H2,1-4H3. The lowest BCUT2D eigenvalue weighted by Crippen LogP contribution is -2.31. The summed E-state index contributed by atoms with van der Waals surface area (Å²) in [5, 5.41) is 20.4. The van der Waals surface area contributed by atoms with Crippen molar-refractivity contribution in [2.75, 3.05) is 25.4 Å². The van der Waals surface area contributed by atoms with Crippen molar-refractivity contribution in [2.45, 2.75) is 57.5 Å². The number of benzene rings is 1. The number of ether oxygens (including phenoxy) is 2. The molecule has 0 spiro atoms. The number of allylic oxidation sites excluding steroid dienone is 1. The van der Waals surface area contributed by atoms with Gasteiger partial charge in [0.1, 0.15) is 28.5 Å². The van der Waals surface area contributed by atoms with Gasteiger partial charge in [0.25, 0.3) is 0 Å². The average Bonchev–Trinajstić information content (AvgIpc) is 2.94. The van der Waals surface area contributed by atoms with Crippen molar-refractivity contribution < 1.29 is 14.3 Å². The van der Waals surface area contributed by atoms with Crippen molar-refractivity contribution in [3.8, 4) is 12.1 Å². The van der Waals surface area contributed by atoms with Crippen LogP contribution in [0.2, 0.25) is 0 Å². The summed E-state index contributed by atoms with van der Waals surface area (Å²) in [6.07, 6.45) is 0.811. The van der Waals surface area contributed by atoms with Crippen LogP contribution in [0, 0.1) is 22.7 Å². The Hall–Kier alpha value is -3.79. The monoisotopic (exact) mass is 543 g/mol. The van der Waals surface area contributed by atoms with E-state index >= 15 is 0 Å². The van der Waals surface area contributed by atoms with E-state index in [-0.39, 0.29) is 29.4 Å². The van der Waals surface area contributed by atoms with Gasteiger partial charge in [0, 0.05) is 25.2 Å². The molecule has 2 N–H and O–H groups in total. The number of thioether (sulfide) groups is 1. The molecule has 1 unspecified atom stereocenters. The minimum atomic E-state index is -0.730. The van der Waals surface area contributed by atoms with Crippen LogP contribution in [0.5, 0.6) is 0 Å². The maximum absolute atomic E-state index is 13.3. The molecule has 0 saturated carbocycles. The SMILES string of the molecule is CCOC(=O)C1=C(CSc2nc3c(cc2C#N)CN(CC)CC3)OC(N)=C(C#N)C1c1ccc(C(C)C)cc1. The zero-order valence-electron chi connectivity index (χ0n) is 22.8. The van der Waals surface area contributed by atoms with Crippen molar-refractivity contribution in [1.82, 2.24) is 9.88 Å². The molecule has 2 aromatic rings. The number of carbonyl (C=O) groups excluding carboxylic acids is 1. The fraction of sp³-hybridized carbons (Fsp3) is 0.400. The van der Waals surface area contributed by atoms with E-state index in [0.29, 0.717) is 22.3 Å². The molecule has 1 atom stereocenters. The number of pyridine rings is 1. The summed E-state index contributed by atoms with van der Waals surface area (Å²) in [6.45, 7) is 10.9. The van der Waals surface area contributed by atoms with Gasteiger partial charge in [0.15, 0.2) is 0 Å². The molecule has 2 aliphatic rings. The van der Waals surface area contributed by atoms with Crippen LogP contribution in [-0.4, -0.2) is 41.3 Å². The molecule has 0 aliphatic carbocycles. The van der Waals surface area contributed by atoms with Crippen molar-refractivity contribution in [3.63, 3.8) is 0 Å². The van der Waals surface area contributed by atoms with Crippen LogP contribution < -0.4 is 5.73 Å². The summed E-state index contributed by atoms with van der Waals surface area (Å²) in [4.78, 5) is 20.4. The second-order valence-corrected chi connectivity index (χ2v) is 10.7. The predicted octanol–water partition coefficient (Wildman–Crippen LogP) is 4.87. The van der Waals surface area contributed by atoms with Gasteiger partial charge >= 0.3 is 5.97 Å². The molecule has 1 aromatic heterocycles. The van der Waals surface area contributed by atoms with E-state index in [1.54, 1.807) is 6.92 Å². The Morgan fingerprint density at radius 1 is 1.26 bits per heavy atom. The van der Waals surface area contributed by atoms with E-state index in [2.05, 4.69) is 37.8 Å². The molecule has 0 fully saturated rings. The van der Waals surface area contributed by atoms with Gasteiger partial charge in [0.2, 0.25) is 5.88 Å². The topological polar surface area (TPSA) is 125 Å². The summed E-state index contributed by atoms with van der Waals surface area (Å²) in [5.74, 6) is -0.516. The highest BCUT2D eigenvalue weighted by Crippen LogP contribution is 2.41. The molecule has 8 nitrogen and oxygen atoms in total. The van der Waals surface area contributed by atoms with Gasteiger partial charge in [-0.25, -0.2) is 9.78 Å². The Labute approximate surface area is 234 Å². The Bertz CT molecular complexity index is 1400. The molecule has 2 aliphatic heterocycles. The zero-order valence-corrected chi connectivity index (χ0v) is 23.6. The van der Waals surface area contributed by atoms with Gasteiger partial charge in [-0.05, 0) is 42.1 Å². The Morgan fingerprint density at radius 2 is 2.00 bits per heavy atom. The van der Waals surface area contributed by atoms with Gasteiger partial charge in [-0.15, -0.1) is 0 Å². The summed E-state index contributed by atoms with van der Waals surface area (Å²) >= 11 is 1.31. The number of carbonyl (C=O) groups is 1. The summed E-state index contributed by atoms with van der Waals surface area (Å²) in [6, 6.07) is 14.1. The number of hydrogen-bond acceptors (Lipinski definition) is 9. The molecule has 4 rings (SSSR count). The van der Waals surface area contributed by atoms with E-state index < -0.39 is 11.9 Å². The summed E-state index contributed by atoms with van der Waals surface area (Å²) < 4.78 is 11.3. The second-order valence-electron chi connectivity index (χ2n) is 9.77. The first-order valence-electron chi connectivity index (χ1n) is 13.2. The van der Waals surface area contributed by atoms with Crippen molar-refractivity contribution >= 4 is 17.7 Å². The normalized spacial score (nSPS) is 17.4. The van der Waals surface area contributed by atoms with E-state index in [4.69, 9.17) is 20.2 Å². The second kappa shape index (κ2) is 12.4. The highest BCUT2D eigenvalue weighted by Gasteiger charge is 2.38. The lowest BCUT2D eigenvalue weighted by Gasteiger charge is -2.29. The quantitative estimate of drug-likeness (QED) is 0.366. The van der Waals surface area contributed by atoms with Crippen LogP contribution in [0.25, 0.3) is 0 Å². The number of fused-ring (bicyclic) bond motifs is 1. The van der Waals surface area contributed by atoms with E-state index in [1.807, 2.05) is 30.3 Å². The Morgan fingerprint density at radius 3 is 2.62 bits per heavy atom. The van der Waals surface area contributed by atoms with Gasteiger partial charge in [-0.3, -0.25) is 4.90 Å². The highest BCUT2D eigenvalue weighted by atomic mass is 32.2. The van der Waals surface area contributed by atoms with Crippen molar-refractivity contribution in [1.29, 1.82) is 10.5 Å². The lowest BCUT2D eigenvalue weighted by atomic mass is 9.82. The third kappa shape index (κ3) is 5.95. The molecular weight excluding hydrogens is 510 g/mol. The average molecular weight is 544 g/mol. The molecule has 0 radical (unpaired) electrons. The van der Waals surface area contributed by atoms with Crippen LogP contribution in [0.4, 0.5) is 0 Å². The molecule has 1 aromatic carbocycles. The molecule has 39 heavy (non-hydrogen) atoms. The number of aromatic nitrogens is 1. The summed E-state index contributed by atoms with van der Waals surface area (Å²) in [5.41, 5.74) is 11.1. The molecule has 3 heterocycles. The smallest absolute Gasteiger partial charge is 0.338 e. The van der Waals surface area contributed by atoms with Crippen molar-refractivity contribution in [3.05, 3.63) is 81.1 Å². The molecule has 0 saturated heterocycles. The first kappa shape index (κ1) is 28.2. The van der Waals surface area contributed by atoms with Gasteiger partial charge < -0.3 is 15.2 Å². The zero-order chi connectivity index (χ0) is 28.1. The van der Waals surface area contributed by atoms with Crippen LogP contribution >= 0.6 is 11.8 Å². The minimum Gasteiger partial charge on any atom is -0.463 e. The number of rotatable bonds is 8. The fourth-order valence-electron chi connectivity index (χ4n) is 4.87. The first-order chi connectivity index (χ1) is 18.8. The number of hydrogen-bond donors (Lipinski definition) is 1. The fourth-order valence-corrected chi connectivity index (χ4v) is 5.79. The van der Waals surface area contributed by atoms with Gasteiger partial charge in [0.05, 0.1) is 29.4 Å². The minimum absolute atomic E-state index is 0.0438. The van der Waals surface area contributed by atoms with Crippen molar-refractivity contribution in [2.24, 2.45) is 5.73 Å². The Kier molecular flexibility index (Phi) is 8.96. The lowest BCUT2D eigenvalue weighted by molar-refractivity contribution is -0.139. The molecule has 0 amide bonds. The highest BCUT2D eigenvalue weighted by molar-refractivity contribution is 7.99. The number of nitriles is 2. The predicted molar refractivity (Wildman–Crippen MR) is 149 cm³/mol. The first-order valence-corrected chi connectivity index (χ1v) is 14.1. The third-order valence-electron chi connectivity index (χ3n) is 7.05. The van der Waals surface area contributed by atoms with Crippen LogP contribution in [-0.2, 0) is 27.2 Å². The molecule has 0 bridgehead atoms. The van der Waals surface area contributed by atoms with Gasteiger partial charge in [-0.1, -0.05) is 56.8 Å². The van der Waals surface area contributed by atoms with Gasteiger partial charge in [-0.2, -0.15) is 10.5 Å². The maximum atomic E-state index is 13.3. The Balaban J connectivity index is 1.73. The number of nitrogens with zero attached hydrogens (tertiary/aromatic N) is 4. The molecule has 202 valence electrons. The van der Waals surface area contributed by atoms with Crippen LogP contribution in [0.1, 0.15) is 67.5 Å². The maximum Gasteiger partial charge on any atom is 0.338 e. The third-order valence-corrected chi connectivity index (χ3v) is 8.04. The van der Waals surface area contributed by atoms with Crippen LogP contribution in [0.3, 0.4) is 0 Å². The molecule has 9 heteroatoms. The van der Waals surface area contributed by atoms with Crippen LogP contribution in [0.15, 0.2) is 58.1 Å². The number of likely N-dealkylation sites (N-methyl/N-ethyl adjacent to an activating group) is 1. The summed E-state index contributed by atoms with van der Waals surface area (Å²) in [7, 11) is 0. The van der Waals surface area contributed by atoms with E-state index in [1.165, 1.54) is 11.8 Å². The number of esters is 1. The number of nitrogens with two attached hydrogens (primary N) is 1. The van der Waals surface area contributed by atoms with E-state index in [9.17, 15) is 15.3 Å².